The summed E-state index contributed by atoms with van der Waals surface area (Å²) in [6, 6.07) is 13.6. The number of carbonyl (C=O) groups excluding carboxylic acids is 1. The molecule has 0 spiro atoms. The van der Waals surface area contributed by atoms with Crippen LogP contribution in [-0.4, -0.2) is 29.3 Å². The summed E-state index contributed by atoms with van der Waals surface area (Å²) >= 11 is 1.39. The van der Waals surface area contributed by atoms with E-state index in [0.29, 0.717) is 28.2 Å². The van der Waals surface area contributed by atoms with Gasteiger partial charge in [0.2, 0.25) is 0 Å². The van der Waals surface area contributed by atoms with Gasteiger partial charge in [-0.15, -0.1) is 11.3 Å². The van der Waals surface area contributed by atoms with Crippen LogP contribution >= 0.6 is 11.3 Å². The van der Waals surface area contributed by atoms with Crippen LogP contribution in [0, 0.1) is 6.92 Å². The number of aryl methyl sites for hydroxylation is 1. The second kappa shape index (κ2) is 9.00. The molecule has 1 aliphatic heterocycles. The summed E-state index contributed by atoms with van der Waals surface area (Å²) < 4.78 is 10.9. The number of thiophene rings is 1. The SMILES string of the molecule is Cc1ccccc1OCc1csc(C(=O)Nc2ccc(N3CCCCC3)c3nonc23)c1. The highest BCUT2D eigenvalue weighted by Crippen LogP contribution is 2.32. The van der Waals surface area contributed by atoms with Gasteiger partial charge >= 0.3 is 0 Å². The predicted molar refractivity (Wildman–Crippen MR) is 126 cm³/mol. The summed E-state index contributed by atoms with van der Waals surface area (Å²) in [6.07, 6.45) is 3.59. The van der Waals surface area contributed by atoms with Crippen molar-refractivity contribution < 1.29 is 14.2 Å². The maximum Gasteiger partial charge on any atom is 0.265 e. The minimum absolute atomic E-state index is 0.188. The molecule has 0 aliphatic carbocycles. The van der Waals surface area contributed by atoms with Gasteiger partial charge in [0.05, 0.1) is 16.3 Å². The van der Waals surface area contributed by atoms with Crippen molar-refractivity contribution in [2.24, 2.45) is 0 Å². The Balaban J connectivity index is 1.29. The zero-order valence-corrected chi connectivity index (χ0v) is 18.7. The fraction of sp³-hybridized carbons (Fsp3) is 0.292. The van der Waals surface area contributed by atoms with Crippen molar-refractivity contribution in [3.8, 4) is 5.75 Å². The van der Waals surface area contributed by atoms with E-state index in [9.17, 15) is 4.79 Å². The van der Waals surface area contributed by atoms with Gasteiger partial charge in [-0.25, -0.2) is 4.63 Å². The number of nitrogens with zero attached hydrogens (tertiary/aromatic N) is 3. The summed E-state index contributed by atoms with van der Waals surface area (Å²) in [5, 5.41) is 13.1. The number of ether oxygens (including phenoxy) is 1. The molecule has 3 heterocycles. The average molecular weight is 449 g/mol. The van der Waals surface area contributed by atoms with Crippen molar-refractivity contribution in [2.45, 2.75) is 32.8 Å². The molecule has 1 saturated heterocycles. The Morgan fingerprint density at radius 2 is 1.94 bits per heavy atom. The van der Waals surface area contributed by atoms with Crippen molar-refractivity contribution in [1.29, 1.82) is 0 Å². The molecule has 4 aromatic rings. The first kappa shape index (κ1) is 20.5. The van der Waals surface area contributed by atoms with Gasteiger partial charge in [-0.3, -0.25) is 4.79 Å². The van der Waals surface area contributed by atoms with Crippen molar-refractivity contribution in [3.63, 3.8) is 0 Å². The quantitative estimate of drug-likeness (QED) is 0.425. The Morgan fingerprint density at radius 1 is 1.12 bits per heavy atom. The van der Waals surface area contributed by atoms with Crippen molar-refractivity contribution in [1.82, 2.24) is 10.3 Å². The van der Waals surface area contributed by atoms with Crippen molar-refractivity contribution >= 4 is 39.7 Å². The molecule has 1 N–H and O–H groups in total. The number of nitrogens with one attached hydrogen (secondary N) is 1. The standard InChI is InChI=1S/C24H24N4O3S/c1-16-7-3-4-8-20(16)30-14-17-13-21(32-15-17)24(29)25-18-9-10-19(23-22(18)26-31-27-23)28-11-5-2-6-12-28/h3-4,7-10,13,15H,2,5-6,11-12,14H2,1H3,(H,25,29). The number of carbonyl (C=O) groups is 1. The summed E-state index contributed by atoms with van der Waals surface area (Å²) in [5.74, 6) is 0.659. The molecule has 164 valence electrons. The van der Waals surface area contributed by atoms with E-state index in [1.807, 2.05) is 54.8 Å². The number of piperidine rings is 1. The summed E-state index contributed by atoms with van der Waals surface area (Å²) in [4.78, 5) is 15.8. The lowest BCUT2D eigenvalue weighted by atomic mass is 10.1. The summed E-state index contributed by atoms with van der Waals surface area (Å²) in [7, 11) is 0. The number of para-hydroxylation sites is 1. The molecule has 5 rings (SSSR count). The predicted octanol–water partition coefficient (Wildman–Crippen LogP) is 5.41. The molecule has 0 bridgehead atoms. The van der Waals surface area contributed by atoms with Crippen LogP contribution < -0.4 is 15.0 Å². The van der Waals surface area contributed by atoms with Crippen LogP contribution in [0.4, 0.5) is 11.4 Å². The Kier molecular flexibility index (Phi) is 5.77. The minimum Gasteiger partial charge on any atom is -0.489 e. The molecule has 1 fully saturated rings. The molecular weight excluding hydrogens is 424 g/mol. The normalized spacial score (nSPS) is 14.0. The molecule has 2 aromatic carbocycles. The fourth-order valence-electron chi connectivity index (χ4n) is 3.98. The van der Waals surface area contributed by atoms with E-state index in [0.717, 1.165) is 35.7 Å². The number of fused-ring (bicyclic) bond motifs is 1. The summed E-state index contributed by atoms with van der Waals surface area (Å²) in [6.45, 7) is 4.42. The largest absolute Gasteiger partial charge is 0.489 e. The van der Waals surface area contributed by atoms with E-state index in [1.54, 1.807) is 0 Å². The van der Waals surface area contributed by atoms with Crippen LogP contribution in [0.1, 0.15) is 40.1 Å². The zero-order valence-electron chi connectivity index (χ0n) is 17.8. The highest BCUT2D eigenvalue weighted by Gasteiger charge is 2.20. The van der Waals surface area contributed by atoms with Gasteiger partial charge in [-0.1, -0.05) is 18.2 Å². The van der Waals surface area contributed by atoms with Gasteiger partial charge in [0, 0.05) is 18.7 Å². The molecule has 1 amide bonds. The van der Waals surface area contributed by atoms with Gasteiger partial charge in [0.25, 0.3) is 5.91 Å². The first-order chi connectivity index (χ1) is 15.7. The lowest BCUT2D eigenvalue weighted by Gasteiger charge is -2.28. The smallest absolute Gasteiger partial charge is 0.265 e. The monoisotopic (exact) mass is 448 g/mol. The molecule has 0 radical (unpaired) electrons. The first-order valence-electron chi connectivity index (χ1n) is 10.8. The van der Waals surface area contributed by atoms with Gasteiger partial charge in [0.15, 0.2) is 11.0 Å². The maximum atomic E-state index is 12.9. The Labute approximate surface area is 190 Å². The summed E-state index contributed by atoms with van der Waals surface area (Å²) in [5.41, 5.74) is 4.89. The fourth-order valence-corrected chi connectivity index (χ4v) is 4.77. The van der Waals surface area contributed by atoms with Crippen LogP contribution in [0.5, 0.6) is 5.75 Å². The minimum atomic E-state index is -0.188. The number of rotatable bonds is 6. The van der Waals surface area contributed by atoms with Crippen LogP contribution in [0.25, 0.3) is 11.0 Å². The third-order valence-electron chi connectivity index (χ3n) is 5.70. The topological polar surface area (TPSA) is 80.5 Å². The number of hydrogen-bond acceptors (Lipinski definition) is 7. The van der Waals surface area contributed by atoms with Crippen LogP contribution in [0.15, 0.2) is 52.5 Å². The van der Waals surface area contributed by atoms with Crippen molar-refractivity contribution in [2.75, 3.05) is 23.3 Å². The molecule has 7 nitrogen and oxygen atoms in total. The van der Waals surface area contributed by atoms with Gasteiger partial charge in [0.1, 0.15) is 12.4 Å². The lowest BCUT2D eigenvalue weighted by Crippen LogP contribution is -2.29. The second-order valence-corrected chi connectivity index (χ2v) is 8.88. The van der Waals surface area contributed by atoms with E-state index >= 15 is 0 Å². The van der Waals surface area contributed by atoms with E-state index in [2.05, 4.69) is 20.5 Å². The number of anilines is 2. The molecule has 0 unspecified atom stereocenters. The van der Waals surface area contributed by atoms with E-state index in [1.165, 1.54) is 30.6 Å². The third-order valence-corrected chi connectivity index (χ3v) is 6.68. The molecule has 0 atom stereocenters. The van der Waals surface area contributed by atoms with Gasteiger partial charge in [-0.05, 0) is 71.7 Å². The Hall–Kier alpha value is -3.39. The first-order valence-corrected chi connectivity index (χ1v) is 11.6. The number of amides is 1. The molecule has 32 heavy (non-hydrogen) atoms. The molecule has 8 heteroatoms. The number of benzene rings is 2. The molecule has 1 aliphatic rings. The average Bonchev–Trinajstić information content (AvgIpc) is 3.50. The zero-order chi connectivity index (χ0) is 21.9. The van der Waals surface area contributed by atoms with Gasteiger partial charge < -0.3 is 15.0 Å². The third kappa shape index (κ3) is 4.18. The highest BCUT2D eigenvalue weighted by atomic mass is 32.1. The Bertz CT molecular complexity index is 1240. The second-order valence-electron chi connectivity index (χ2n) is 7.97. The van der Waals surface area contributed by atoms with Crippen LogP contribution in [0.2, 0.25) is 0 Å². The molecule has 0 saturated carbocycles. The lowest BCUT2D eigenvalue weighted by molar-refractivity contribution is 0.103. The van der Waals surface area contributed by atoms with E-state index in [4.69, 9.17) is 9.37 Å². The van der Waals surface area contributed by atoms with E-state index in [-0.39, 0.29) is 5.91 Å². The maximum absolute atomic E-state index is 12.9. The highest BCUT2D eigenvalue weighted by molar-refractivity contribution is 7.12. The van der Waals surface area contributed by atoms with Crippen molar-refractivity contribution in [3.05, 3.63) is 63.8 Å². The van der Waals surface area contributed by atoms with Crippen LogP contribution in [-0.2, 0) is 6.61 Å². The van der Waals surface area contributed by atoms with Gasteiger partial charge in [-0.2, -0.15) is 0 Å². The van der Waals surface area contributed by atoms with E-state index < -0.39 is 0 Å². The molecular formula is C24H24N4O3S. The number of hydrogen-bond donors (Lipinski definition) is 1. The number of aromatic nitrogens is 2. The Morgan fingerprint density at radius 3 is 2.78 bits per heavy atom. The van der Waals surface area contributed by atoms with Crippen LogP contribution in [0.3, 0.4) is 0 Å². The molecule has 2 aromatic heterocycles.